The molecule has 0 bridgehead atoms. The van der Waals surface area contributed by atoms with E-state index in [0.717, 1.165) is 0 Å². The van der Waals surface area contributed by atoms with Gasteiger partial charge in [-0.2, -0.15) is 0 Å². The summed E-state index contributed by atoms with van der Waals surface area (Å²) in [5.41, 5.74) is 2.39. The van der Waals surface area contributed by atoms with E-state index in [1.165, 1.54) is 11.1 Å². The zero-order chi connectivity index (χ0) is 11.8. The Morgan fingerprint density at radius 1 is 0.500 bits per heavy atom. The van der Waals surface area contributed by atoms with Crippen molar-refractivity contribution >= 4 is 0 Å². The van der Waals surface area contributed by atoms with Gasteiger partial charge in [0.25, 0.3) is 0 Å². The van der Waals surface area contributed by atoms with Crippen molar-refractivity contribution in [1.82, 2.24) is 0 Å². The molecule has 0 aromatic carbocycles. The van der Waals surface area contributed by atoms with Crippen molar-refractivity contribution in [3.8, 4) is 0 Å². The van der Waals surface area contributed by atoms with Crippen LogP contribution in [-0.4, -0.2) is 0 Å². The first-order chi connectivity index (χ1) is 8.45. The Balaban J connectivity index is 0.00000162. The van der Waals surface area contributed by atoms with Crippen molar-refractivity contribution in [2.75, 3.05) is 0 Å². The van der Waals surface area contributed by atoms with E-state index in [-0.39, 0.29) is 22.4 Å². The standard InChI is InChI=1S/C17H15.Ta/c1-3-7-11-16(12-8-4-1)15-17-13-9-5-2-6-10-14-17;/h1-15H;/q-1;. The summed E-state index contributed by atoms with van der Waals surface area (Å²) < 4.78 is 0. The number of hydrogen-bond donors (Lipinski definition) is 0. The Bertz CT molecular complexity index is 446. The average molecular weight is 400 g/mol. The van der Waals surface area contributed by atoms with Crippen molar-refractivity contribution in [1.29, 1.82) is 0 Å². The van der Waals surface area contributed by atoms with E-state index < -0.39 is 0 Å². The summed E-state index contributed by atoms with van der Waals surface area (Å²) >= 11 is 0. The maximum Gasteiger partial charge on any atom is 0 e. The minimum Gasteiger partial charge on any atom is -0.126 e. The molecule has 2 rings (SSSR count). The van der Waals surface area contributed by atoms with Crippen LogP contribution in [0, 0.1) is 6.42 Å². The summed E-state index contributed by atoms with van der Waals surface area (Å²) in [6.45, 7) is 0. The van der Waals surface area contributed by atoms with Gasteiger partial charge in [0.05, 0.1) is 0 Å². The van der Waals surface area contributed by atoms with E-state index in [2.05, 4.69) is 55.0 Å². The molecule has 18 heavy (non-hydrogen) atoms. The number of allylic oxidation sites excluding steroid dienone is 16. The molecule has 0 heterocycles. The monoisotopic (exact) mass is 400 g/mol. The van der Waals surface area contributed by atoms with Gasteiger partial charge < -0.3 is 0 Å². The van der Waals surface area contributed by atoms with Crippen LogP contribution in [-0.2, 0) is 22.4 Å². The second-order valence-electron chi connectivity index (χ2n) is 3.74. The summed E-state index contributed by atoms with van der Waals surface area (Å²) in [4.78, 5) is 0. The summed E-state index contributed by atoms with van der Waals surface area (Å²) in [5.74, 6) is 0. The molecule has 0 fully saturated rings. The zero-order valence-electron chi connectivity index (χ0n) is 10.1. The van der Waals surface area contributed by atoms with E-state index in [1.54, 1.807) is 0 Å². The molecule has 0 unspecified atom stereocenters. The van der Waals surface area contributed by atoms with Crippen LogP contribution in [0.25, 0.3) is 0 Å². The van der Waals surface area contributed by atoms with Gasteiger partial charge in [-0.3, -0.25) is 0 Å². The smallest absolute Gasteiger partial charge is 0 e. The minimum absolute atomic E-state index is 0. The van der Waals surface area contributed by atoms with Gasteiger partial charge in [0.15, 0.2) is 0 Å². The summed E-state index contributed by atoms with van der Waals surface area (Å²) in [6.07, 6.45) is 30.9. The van der Waals surface area contributed by atoms with Crippen LogP contribution in [0.15, 0.2) is 96.2 Å². The van der Waals surface area contributed by atoms with Gasteiger partial charge >= 0.3 is 0 Å². The summed E-state index contributed by atoms with van der Waals surface area (Å²) in [5, 5.41) is 0. The fraction of sp³-hybridized carbons (Fsp3) is 0. The average Bonchev–Trinajstić information content (AvgIpc) is 2.24. The molecule has 0 aliphatic heterocycles. The molecule has 0 atom stereocenters. The largest absolute Gasteiger partial charge is 0.126 e. The van der Waals surface area contributed by atoms with Crippen LogP contribution < -0.4 is 0 Å². The van der Waals surface area contributed by atoms with Crippen molar-refractivity contribution in [2.45, 2.75) is 0 Å². The van der Waals surface area contributed by atoms with E-state index >= 15 is 0 Å². The van der Waals surface area contributed by atoms with Crippen LogP contribution in [0.5, 0.6) is 0 Å². The first-order valence-corrected chi connectivity index (χ1v) is 5.73. The molecule has 1 radical (unpaired) electrons. The Morgan fingerprint density at radius 2 is 0.889 bits per heavy atom. The minimum atomic E-state index is 0. The SMILES string of the molecule is C1=CC=CC([CH-]C2=CC=CC=CC=C2)=CC=C1.[Ta]. The summed E-state index contributed by atoms with van der Waals surface area (Å²) in [6, 6.07) is 0. The molecule has 0 amide bonds. The molecule has 0 nitrogen and oxygen atoms in total. The molecule has 1 heteroatoms. The molecule has 0 aromatic rings. The van der Waals surface area contributed by atoms with Crippen LogP contribution in [0.3, 0.4) is 0 Å². The molecular weight excluding hydrogens is 385 g/mol. The van der Waals surface area contributed by atoms with Crippen molar-refractivity contribution in [2.24, 2.45) is 0 Å². The molecule has 0 aromatic heterocycles. The van der Waals surface area contributed by atoms with Gasteiger partial charge in [-0.25, -0.2) is 0 Å². The van der Waals surface area contributed by atoms with Gasteiger partial charge in [0.1, 0.15) is 0 Å². The van der Waals surface area contributed by atoms with Gasteiger partial charge in [-0.15, -0.1) is 41.9 Å². The molecule has 0 saturated heterocycles. The van der Waals surface area contributed by atoms with E-state index in [9.17, 15) is 0 Å². The third-order valence-electron chi connectivity index (χ3n) is 2.38. The Morgan fingerprint density at radius 3 is 1.39 bits per heavy atom. The maximum absolute atomic E-state index is 2.17. The molecule has 89 valence electrons. The van der Waals surface area contributed by atoms with Crippen LogP contribution in [0.2, 0.25) is 0 Å². The van der Waals surface area contributed by atoms with E-state index in [0.29, 0.717) is 0 Å². The van der Waals surface area contributed by atoms with Gasteiger partial charge in [0.2, 0.25) is 0 Å². The fourth-order valence-corrected chi connectivity index (χ4v) is 1.55. The molecular formula is C17H15Ta-. The second kappa shape index (κ2) is 8.60. The fourth-order valence-electron chi connectivity index (χ4n) is 1.55. The number of hydrogen-bond acceptors (Lipinski definition) is 0. The predicted molar refractivity (Wildman–Crippen MR) is 75.3 cm³/mol. The van der Waals surface area contributed by atoms with Gasteiger partial charge in [-0.1, -0.05) is 60.8 Å². The van der Waals surface area contributed by atoms with E-state index in [4.69, 9.17) is 0 Å². The number of rotatable bonds is 2. The molecule has 2 aliphatic rings. The molecule has 0 N–H and O–H groups in total. The predicted octanol–water partition coefficient (Wildman–Crippen LogP) is 4.41. The van der Waals surface area contributed by atoms with Crippen LogP contribution >= 0.6 is 0 Å². The van der Waals surface area contributed by atoms with Crippen molar-refractivity contribution in [3.05, 3.63) is 103 Å². The molecule has 0 saturated carbocycles. The Labute approximate surface area is 125 Å². The normalized spacial score (nSPS) is 16.9. The van der Waals surface area contributed by atoms with Crippen molar-refractivity contribution in [3.63, 3.8) is 0 Å². The van der Waals surface area contributed by atoms with Gasteiger partial charge in [-0.05, 0) is 0 Å². The van der Waals surface area contributed by atoms with E-state index in [1.807, 2.05) is 36.5 Å². The topological polar surface area (TPSA) is 0 Å². The quantitative estimate of drug-likeness (QED) is 0.603. The molecule has 2 aliphatic carbocycles. The van der Waals surface area contributed by atoms with Gasteiger partial charge in [0, 0.05) is 22.4 Å². The maximum atomic E-state index is 2.17. The van der Waals surface area contributed by atoms with Crippen molar-refractivity contribution < 1.29 is 22.4 Å². The Kier molecular flexibility index (Phi) is 6.97. The summed E-state index contributed by atoms with van der Waals surface area (Å²) in [7, 11) is 0. The first kappa shape index (κ1) is 14.6. The first-order valence-electron chi connectivity index (χ1n) is 5.73. The Hall–Kier alpha value is -1.47. The second-order valence-corrected chi connectivity index (χ2v) is 3.74. The third-order valence-corrected chi connectivity index (χ3v) is 2.38. The van der Waals surface area contributed by atoms with Crippen LogP contribution in [0.1, 0.15) is 0 Å². The van der Waals surface area contributed by atoms with Crippen LogP contribution in [0.4, 0.5) is 0 Å². The zero-order valence-corrected chi connectivity index (χ0v) is 13.3. The molecule has 0 spiro atoms. The third kappa shape index (κ3) is 5.24.